The van der Waals surface area contributed by atoms with Crippen molar-refractivity contribution in [3.05, 3.63) is 149 Å². The highest BCUT2D eigenvalue weighted by atomic mass is 16.5. The first kappa shape index (κ1) is 28.8. The second-order valence-electron chi connectivity index (χ2n) is 11.4. The molecule has 48 heavy (non-hydrogen) atoms. The number of ether oxygens (including phenoxy) is 1. The lowest BCUT2D eigenvalue weighted by molar-refractivity contribution is 0.103. The number of aromatic nitrogens is 4. The fourth-order valence-electron chi connectivity index (χ4n) is 6.29. The first-order valence-corrected chi connectivity index (χ1v) is 15.5. The summed E-state index contributed by atoms with van der Waals surface area (Å²) in [4.78, 5) is 44.1. The molecule has 0 spiro atoms. The second kappa shape index (κ2) is 12.0. The van der Waals surface area contributed by atoms with Crippen LogP contribution in [-0.4, -0.2) is 39.1 Å². The number of hydrogen-bond acceptors (Lipinski definition) is 5. The first-order chi connectivity index (χ1) is 23.6. The molecular formula is C41H28N4O3. The Morgan fingerprint density at radius 3 is 1.67 bits per heavy atom. The van der Waals surface area contributed by atoms with Crippen molar-refractivity contribution >= 4 is 58.4 Å². The highest BCUT2D eigenvalue weighted by molar-refractivity contribution is 6.16. The summed E-state index contributed by atoms with van der Waals surface area (Å²) in [6.45, 7) is 0. The van der Waals surface area contributed by atoms with E-state index >= 15 is 0 Å². The predicted molar refractivity (Wildman–Crippen MR) is 192 cm³/mol. The molecular weight excluding hydrogens is 596 g/mol. The highest BCUT2D eigenvalue weighted by Crippen LogP contribution is 2.34. The Balaban J connectivity index is 1.53. The fraction of sp³-hybridized carbons (Fsp3) is 0.0244. The number of hydrogen-bond donors (Lipinski definition) is 2. The summed E-state index contributed by atoms with van der Waals surface area (Å²) in [7, 11) is 1.60. The van der Waals surface area contributed by atoms with Crippen LogP contribution in [0.1, 0.15) is 49.1 Å². The van der Waals surface area contributed by atoms with Crippen molar-refractivity contribution in [3.63, 3.8) is 0 Å². The summed E-state index contributed by atoms with van der Waals surface area (Å²) in [6.07, 6.45) is 8.43. The molecule has 3 aromatic carbocycles. The van der Waals surface area contributed by atoms with Gasteiger partial charge in [-0.15, -0.1) is 0 Å². The average Bonchev–Trinajstić information content (AvgIpc) is 3.97. The van der Waals surface area contributed by atoms with Crippen molar-refractivity contribution in [2.75, 3.05) is 7.11 Å². The van der Waals surface area contributed by atoms with Gasteiger partial charge in [0.25, 0.3) is 0 Å². The zero-order valence-corrected chi connectivity index (χ0v) is 25.9. The van der Waals surface area contributed by atoms with Gasteiger partial charge in [-0.1, -0.05) is 60.7 Å². The van der Waals surface area contributed by atoms with Crippen LogP contribution in [0, 0.1) is 0 Å². The van der Waals surface area contributed by atoms with Gasteiger partial charge < -0.3 is 14.7 Å². The summed E-state index contributed by atoms with van der Waals surface area (Å²) >= 11 is 0. The highest BCUT2D eigenvalue weighted by Gasteiger charge is 2.21. The fourth-order valence-corrected chi connectivity index (χ4v) is 6.29. The van der Waals surface area contributed by atoms with E-state index in [4.69, 9.17) is 14.7 Å². The van der Waals surface area contributed by atoms with Gasteiger partial charge in [0.05, 0.1) is 52.0 Å². The molecule has 7 nitrogen and oxygen atoms in total. The molecule has 7 heteroatoms. The molecule has 5 heterocycles. The van der Waals surface area contributed by atoms with Gasteiger partial charge in [-0.05, 0) is 84.0 Å². The van der Waals surface area contributed by atoms with E-state index in [9.17, 15) is 9.59 Å². The van der Waals surface area contributed by atoms with Crippen LogP contribution in [0.5, 0.6) is 5.75 Å². The molecule has 0 saturated heterocycles. The van der Waals surface area contributed by atoms with E-state index in [0.717, 1.165) is 39.6 Å². The number of nitrogens with zero attached hydrogens (tertiary/aromatic N) is 2. The number of aromatic amines is 2. The lowest BCUT2D eigenvalue weighted by Gasteiger charge is -2.06. The molecule has 3 aromatic heterocycles. The molecule has 6 aromatic rings. The van der Waals surface area contributed by atoms with Crippen LogP contribution in [0.3, 0.4) is 0 Å². The van der Waals surface area contributed by atoms with Crippen LogP contribution in [0.2, 0.25) is 0 Å². The minimum atomic E-state index is -0.180. The molecule has 0 fully saturated rings. The number of methoxy groups -OCH3 is 1. The van der Waals surface area contributed by atoms with Crippen LogP contribution in [0.25, 0.3) is 68.6 Å². The third-order valence-corrected chi connectivity index (χ3v) is 8.62. The van der Waals surface area contributed by atoms with Gasteiger partial charge in [0.15, 0.2) is 12.1 Å². The zero-order valence-electron chi connectivity index (χ0n) is 25.9. The summed E-state index contributed by atoms with van der Waals surface area (Å²) < 4.78 is 5.35. The molecule has 0 aliphatic carbocycles. The van der Waals surface area contributed by atoms with Gasteiger partial charge in [-0.2, -0.15) is 0 Å². The summed E-state index contributed by atoms with van der Waals surface area (Å²) in [5.41, 5.74) is 10.2. The Labute approximate surface area is 276 Å². The Hall–Kier alpha value is -6.60. The minimum Gasteiger partial charge on any atom is -0.497 e. The van der Waals surface area contributed by atoms with Crippen molar-refractivity contribution in [2.24, 2.45) is 0 Å². The normalized spacial score (nSPS) is 11.9. The molecule has 0 unspecified atom stereocenters. The third-order valence-electron chi connectivity index (χ3n) is 8.62. The Kier molecular flexibility index (Phi) is 7.19. The Bertz CT molecular complexity index is 2420. The number of ketones is 1. The molecule has 2 aliphatic rings. The Morgan fingerprint density at radius 1 is 0.583 bits per heavy atom. The van der Waals surface area contributed by atoms with Crippen LogP contribution >= 0.6 is 0 Å². The number of benzene rings is 3. The third kappa shape index (κ3) is 5.04. The van der Waals surface area contributed by atoms with Gasteiger partial charge in [0, 0.05) is 27.7 Å². The maximum atomic E-state index is 14.4. The number of nitrogens with one attached hydrogen (secondary N) is 2. The molecule has 0 atom stereocenters. The second-order valence-corrected chi connectivity index (χ2v) is 11.4. The molecule has 8 rings (SSSR count). The standard InChI is InChI=1S/C41H28N4O3/c1-48-28-14-12-27(13-15-28)41(47)40-36-22-20-34(44-36)38(25-8-4-2-5-9-25)32-18-16-30(42-32)29(24-46)31-17-19-33(43-31)39(26-10-6-3-7-11-26)35-21-23-37(40)45-35/h2-24,42,45H,1H3. The Morgan fingerprint density at radius 2 is 1.08 bits per heavy atom. The van der Waals surface area contributed by atoms with Crippen LogP contribution in [0.15, 0.2) is 109 Å². The molecule has 0 radical (unpaired) electrons. The quantitative estimate of drug-likeness (QED) is 0.142. The van der Waals surface area contributed by atoms with Gasteiger partial charge in [0.2, 0.25) is 0 Å². The van der Waals surface area contributed by atoms with Gasteiger partial charge >= 0.3 is 0 Å². The number of fused-ring (bicyclic) bond motifs is 8. The SMILES string of the molecule is COc1ccc(C(=O)c2c3nc(c(-c4ccccc4)c4ccc([nH]4)c(C=O)c4nc(c(-c5ccccc5)c5ccc2[nH]5)C=C4)C=C3)cc1. The van der Waals surface area contributed by atoms with Gasteiger partial charge in [0.1, 0.15) is 5.75 Å². The lowest BCUT2D eigenvalue weighted by Crippen LogP contribution is -2.04. The van der Waals surface area contributed by atoms with E-state index in [1.165, 1.54) is 0 Å². The van der Waals surface area contributed by atoms with Crippen molar-refractivity contribution in [2.45, 2.75) is 0 Å². The maximum Gasteiger partial charge on any atom is 0.197 e. The van der Waals surface area contributed by atoms with Crippen LogP contribution in [-0.2, 0) is 0 Å². The molecule has 8 bridgehead atoms. The van der Waals surface area contributed by atoms with Gasteiger partial charge in [-0.3, -0.25) is 9.59 Å². The largest absolute Gasteiger partial charge is 0.497 e. The molecule has 230 valence electrons. The average molecular weight is 625 g/mol. The molecule has 0 saturated carbocycles. The predicted octanol–water partition coefficient (Wildman–Crippen LogP) is 9.04. The summed E-state index contributed by atoms with van der Waals surface area (Å²) in [5.74, 6) is 0.483. The number of aldehydes is 1. The smallest absolute Gasteiger partial charge is 0.197 e. The number of carbonyl (C=O) groups excluding carboxylic acids is 2. The summed E-state index contributed by atoms with van der Waals surface area (Å²) in [5, 5.41) is 0. The van der Waals surface area contributed by atoms with Crippen molar-refractivity contribution in [1.29, 1.82) is 0 Å². The molecule has 2 N–H and O–H groups in total. The van der Waals surface area contributed by atoms with E-state index < -0.39 is 0 Å². The van der Waals surface area contributed by atoms with E-state index in [1.807, 2.05) is 109 Å². The number of rotatable bonds is 6. The van der Waals surface area contributed by atoms with Crippen molar-refractivity contribution < 1.29 is 14.3 Å². The van der Waals surface area contributed by atoms with Crippen LogP contribution in [0.4, 0.5) is 0 Å². The van der Waals surface area contributed by atoms with Crippen molar-refractivity contribution in [1.82, 2.24) is 19.9 Å². The van der Waals surface area contributed by atoms with Gasteiger partial charge in [-0.25, -0.2) is 9.97 Å². The number of carbonyl (C=O) groups is 2. The van der Waals surface area contributed by atoms with E-state index in [-0.39, 0.29) is 5.78 Å². The maximum absolute atomic E-state index is 14.4. The van der Waals surface area contributed by atoms with Crippen LogP contribution < -0.4 is 4.74 Å². The monoisotopic (exact) mass is 624 g/mol. The lowest BCUT2D eigenvalue weighted by atomic mass is 10.0. The van der Waals surface area contributed by atoms with E-state index in [2.05, 4.69) is 9.97 Å². The van der Waals surface area contributed by atoms with E-state index in [1.54, 1.807) is 31.4 Å². The van der Waals surface area contributed by atoms with E-state index in [0.29, 0.717) is 56.2 Å². The molecule has 0 amide bonds. The van der Waals surface area contributed by atoms with Crippen molar-refractivity contribution in [3.8, 4) is 28.0 Å². The summed E-state index contributed by atoms with van der Waals surface area (Å²) in [6, 6.07) is 34.7. The molecule has 2 aliphatic heterocycles. The topological polar surface area (TPSA) is 101 Å². The first-order valence-electron chi connectivity index (χ1n) is 15.5. The number of H-pyrrole nitrogens is 2. The zero-order chi connectivity index (χ0) is 32.6. The minimum absolute atomic E-state index is 0.180.